The van der Waals surface area contributed by atoms with Crippen LogP contribution in [0, 0.1) is 12.3 Å². The van der Waals surface area contributed by atoms with Crippen LogP contribution in [-0.2, 0) is 5.60 Å². The van der Waals surface area contributed by atoms with E-state index in [1.165, 1.54) is 21.9 Å². The van der Waals surface area contributed by atoms with Crippen LogP contribution < -0.4 is 9.47 Å². The number of benzene rings is 4. The molecule has 0 amide bonds. The summed E-state index contributed by atoms with van der Waals surface area (Å²) in [4.78, 5) is 0. The number of rotatable bonds is 2. The lowest BCUT2D eigenvalue weighted by Crippen LogP contribution is -2.33. The van der Waals surface area contributed by atoms with Gasteiger partial charge >= 0.3 is 0 Å². The number of fused-ring (bicyclic) bond motifs is 7. The number of terminal acetylenes is 1. The first-order chi connectivity index (χ1) is 15.2. The molecule has 0 bridgehead atoms. The van der Waals surface area contributed by atoms with Crippen molar-refractivity contribution in [3.63, 3.8) is 0 Å². The van der Waals surface area contributed by atoms with E-state index >= 15 is 0 Å². The van der Waals surface area contributed by atoms with Crippen LogP contribution in [-0.4, -0.2) is 6.61 Å². The Morgan fingerprint density at radius 1 is 0.839 bits per heavy atom. The van der Waals surface area contributed by atoms with E-state index < -0.39 is 5.60 Å². The summed E-state index contributed by atoms with van der Waals surface area (Å²) in [5.41, 5.74) is 6.21. The third kappa shape index (κ3) is 2.47. The molecule has 0 N–H and O–H groups in total. The molecule has 1 aliphatic heterocycles. The maximum absolute atomic E-state index is 6.91. The Labute approximate surface area is 181 Å². The highest BCUT2D eigenvalue weighted by Crippen LogP contribution is 2.56. The second-order valence-electron chi connectivity index (χ2n) is 8.08. The molecule has 0 aromatic heterocycles. The zero-order chi connectivity index (χ0) is 21.0. The van der Waals surface area contributed by atoms with E-state index in [1.807, 2.05) is 12.1 Å². The molecule has 4 aromatic carbocycles. The van der Waals surface area contributed by atoms with Gasteiger partial charge in [-0.2, -0.15) is 0 Å². The lowest BCUT2D eigenvalue weighted by Gasteiger charge is -2.36. The summed E-state index contributed by atoms with van der Waals surface area (Å²) in [5, 5.41) is 2.42. The van der Waals surface area contributed by atoms with Crippen LogP contribution in [0.25, 0.3) is 27.5 Å². The molecular weight excluding hydrogens is 380 g/mol. The first kappa shape index (κ1) is 17.9. The van der Waals surface area contributed by atoms with Gasteiger partial charge in [0.1, 0.15) is 6.61 Å². The molecule has 1 unspecified atom stereocenters. The van der Waals surface area contributed by atoms with Crippen molar-refractivity contribution in [1.82, 2.24) is 0 Å². The van der Waals surface area contributed by atoms with Crippen LogP contribution >= 0.6 is 0 Å². The Bertz CT molecular complexity index is 1440. The fourth-order valence-corrected chi connectivity index (χ4v) is 4.96. The van der Waals surface area contributed by atoms with Gasteiger partial charge in [0.15, 0.2) is 17.1 Å². The van der Waals surface area contributed by atoms with Crippen LogP contribution in [0.4, 0.5) is 0 Å². The van der Waals surface area contributed by atoms with Gasteiger partial charge in [-0.1, -0.05) is 66.6 Å². The molecule has 1 atom stereocenters. The Hall–Kier alpha value is -3.96. The van der Waals surface area contributed by atoms with Gasteiger partial charge in [0.2, 0.25) is 0 Å². The SMILES string of the molecule is C#CCOc1cccc2c1OC1(C=C2C)c2ccccc2-c2cc3ccccc3cc21. The van der Waals surface area contributed by atoms with Gasteiger partial charge in [-0.05, 0) is 58.7 Å². The van der Waals surface area contributed by atoms with E-state index in [0.29, 0.717) is 5.75 Å². The Balaban J connectivity index is 1.65. The third-order valence-corrected chi connectivity index (χ3v) is 6.30. The number of allylic oxidation sites excluding steroid dienone is 1. The number of hydrogen-bond acceptors (Lipinski definition) is 2. The van der Waals surface area contributed by atoms with Crippen molar-refractivity contribution in [1.29, 1.82) is 0 Å². The predicted molar refractivity (Wildman–Crippen MR) is 125 cm³/mol. The molecule has 4 aromatic rings. The largest absolute Gasteiger partial charge is 0.477 e. The molecule has 2 aliphatic rings. The molecule has 31 heavy (non-hydrogen) atoms. The fourth-order valence-electron chi connectivity index (χ4n) is 4.96. The first-order valence-corrected chi connectivity index (χ1v) is 10.4. The highest BCUT2D eigenvalue weighted by molar-refractivity contribution is 5.95. The predicted octanol–water partition coefficient (Wildman–Crippen LogP) is 6.57. The molecular formula is C29H20O2. The standard InChI is InChI=1S/C29H20O2/c1-3-15-30-27-14-8-12-22-19(2)18-29(31-28(22)27)25-13-7-6-11-23(25)24-16-20-9-4-5-10-21(20)17-26(24)29/h1,4-14,16-18H,15H2,2H3. The summed E-state index contributed by atoms with van der Waals surface area (Å²) in [6.07, 6.45) is 7.70. The van der Waals surface area contributed by atoms with E-state index in [1.54, 1.807) is 0 Å². The number of para-hydroxylation sites is 1. The molecule has 0 fully saturated rings. The summed E-state index contributed by atoms with van der Waals surface area (Å²) in [5.74, 6) is 3.97. The van der Waals surface area contributed by atoms with Gasteiger partial charge in [0, 0.05) is 16.7 Å². The molecule has 0 saturated carbocycles. The van der Waals surface area contributed by atoms with Crippen LogP contribution in [0.2, 0.25) is 0 Å². The maximum atomic E-state index is 6.91. The minimum atomic E-state index is -0.706. The van der Waals surface area contributed by atoms with Gasteiger partial charge in [-0.15, -0.1) is 6.42 Å². The van der Waals surface area contributed by atoms with Gasteiger partial charge in [0.05, 0.1) is 0 Å². The summed E-state index contributed by atoms with van der Waals surface area (Å²) in [7, 11) is 0. The Morgan fingerprint density at radius 3 is 2.42 bits per heavy atom. The van der Waals surface area contributed by atoms with E-state index in [-0.39, 0.29) is 6.61 Å². The molecule has 0 radical (unpaired) electrons. The lowest BCUT2D eigenvalue weighted by atomic mass is 9.84. The van der Waals surface area contributed by atoms with Crippen molar-refractivity contribution >= 4 is 16.3 Å². The van der Waals surface area contributed by atoms with Crippen molar-refractivity contribution in [2.45, 2.75) is 12.5 Å². The molecule has 1 spiro atoms. The quantitative estimate of drug-likeness (QED) is 0.354. The van der Waals surface area contributed by atoms with Gasteiger partial charge < -0.3 is 9.47 Å². The molecule has 2 nitrogen and oxygen atoms in total. The fraction of sp³-hybridized carbons (Fsp3) is 0.103. The van der Waals surface area contributed by atoms with Crippen molar-refractivity contribution < 1.29 is 9.47 Å². The van der Waals surface area contributed by atoms with Crippen molar-refractivity contribution in [2.24, 2.45) is 0 Å². The highest BCUT2D eigenvalue weighted by Gasteiger charge is 2.47. The van der Waals surface area contributed by atoms with Gasteiger partial charge in [-0.25, -0.2) is 0 Å². The van der Waals surface area contributed by atoms with E-state index in [0.717, 1.165) is 28.0 Å². The molecule has 1 heterocycles. The summed E-state index contributed by atoms with van der Waals surface area (Å²) in [6, 6.07) is 27.5. The average Bonchev–Trinajstić information content (AvgIpc) is 3.05. The summed E-state index contributed by atoms with van der Waals surface area (Å²) < 4.78 is 12.8. The van der Waals surface area contributed by atoms with E-state index in [2.05, 4.69) is 85.7 Å². The van der Waals surface area contributed by atoms with Crippen molar-refractivity contribution in [2.75, 3.05) is 6.61 Å². The third-order valence-electron chi connectivity index (χ3n) is 6.30. The van der Waals surface area contributed by atoms with Crippen molar-refractivity contribution in [3.8, 4) is 35.0 Å². The minimum Gasteiger partial charge on any atom is -0.477 e. The molecule has 148 valence electrons. The Morgan fingerprint density at radius 2 is 1.58 bits per heavy atom. The summed E-state index contributed by atoms with van der Waals surface area (Å²) >= 11 is 0. The lowest BCUT2D eigenvalue weighted by molar-refractivity contribution is 0.156. The molecule has 6 rings (SSSR count). The van der Waals surface area contributed by atoms with Gasteiger partial charge in [0.25, 0.3) is 0 Å². The summed E-state index contributed by atoms with van der Waals surface area (Å²) in [6.45, 7) is 2.34. The number of hydrogen-bond donors (Lipinski definition) is 0. The molecule has 2 heteroatoms. The molecule has 0 saturated heterocycles. The zero-order valence-corrected chi connectivity index (χ0v) is 17.2. The zero-order valence-electron chi connectivity index (χ0n) is 17.2. The Kier molecular flexibility index (Phi) is 3.76. The van der Waals surface area contributed by atoms with Crippen LogP contribution in [0.15, 0.2) is 84.9 Å². The normalized spacial score (nSPS) is 17.9. The van der Waals surface area contributed by atoms with Crippen LogP contribution in [0.5, 0.6) is 11.5 Å². The second-order valence-corrected chi connectivity index (χ2v) is 8.08. The van der Waals surface area contributed by atoms with Crippen LogP contribution in [0.1, 0.15) is 23.6 Å². The first-order valence-electron chi connectivity index (χ1n) is 10.4. The minimum absolute atomic E-state index is 0.202. The highest BCUT2D eigenvalue weighted by atomic mass is 16.5. The number of ether oxygens (including phenoxy) is 2. The smallest absolute Gasteiger partial charge is 0.179 e. The van der Waals surface area contributed by atoms with Gasteiger partial charge in [-0.3, -0.25) is 0 Å². The molecule has 1 aliphatic carbocycles. The van der Waals surface area contributed by atoms with E-state index in [9.17, 15) is 0 Å². The monoisotopic (exact) mass is 400 g/mol. The van der Waals surface area contributed by atoms with Crippen LogP contribution in [0.3, 0.4) is 0 Å². The van der Waals surface area contributed by atoms with E-state index in [4.69, 9.17) is 15.9 Å². The second kappa shape index (κ2) is 6.52. The topological polar surface area (TPSA) is 18.5 Å². The maximum Gasteiger partial charge on any atom is 0.179 e. The van der Waals surface area contributed by atoms with Crippen molar-refractivity contribution in [3.05, 3.63) is 102 Å². The average molecular weight is 400 g/mol.